The Kier molecular flexibility index (Phi) is 8.91. The molecule has 0 heterocycles. The fourth-order valence-corrected chi connectivity index (χ4v) is 2.04. The highest BCUT2D eigenvalue weighted by Crippen LogP contribution is 2.29. The number of nitriles is 1. The van der Waals surface area contributed by atoms with Gasteiger partial charge in [0.1, 0.15) is 18.8 Å². The summed E-state index contributed by atoms with van der Waals surface area (Å²) in [5.74, 6) is -3.52. The van der Waals surface area contributed by atoms with E-state index in [-0.39, 0.29) is 42.3 Å². The van der Waals surface area contributed by atoms with Crippen molar-refractivity contribution in [2.75, 3.05) is 18.5 Å². The Balaban J connectivity index is 3.01. The summed E-state index contributed by atoms with van der Waals surface area (Å²) in [4.78, 5) is 34.2. The Morgan fingerprint density at radius 2 is 1.89 bits per heavy atom. The fourth-order valence-electron chi connectivity index (χ4n) is 2.04. The average molecular weight is 391 g/mol. The van der Waals surface area contributed by atoms with Gasteiger partial charge in [0.2, 0.25) is 5.91 Å². The number of amides is 1. The number of carbonyl (C=O) groups excluding carboxylic acids is 2. The highest BCUT2D eigenvalue weighted by atomic mass is 16.6. The van der Waals surface area contributed by atoms with Crippen molar-refractivity contribution in [3.05, 3.63) is 23.8 Å². The smallest absolute Gasteiger partial charge is 0.417 e. The first-order chi connectivity index (χ1) is 13.1. The largest absolute Gasteiger partial charge is 0.486 e. The zero-order valence-corrected chi connectivity index (χ0v) is 16.3. The van der Waals surface area contributed by atoms with Crippen LogP contribution in [0.1, 0.15) is 33.3 Å². The molecule has 0 aromatic heterocycles. The Hall–Kier alpha value is -3.12. The Morgan fingerprint density at radius 1 is 1.21 bits per heavy atom. The van der Waals surface area contributed by atoms with Gasteiger partial charge < -0.3 is 25.2 Å². The predicted molar refractivity (Wildman–Crippen MR) is 101 cm³/mol. The van der Waals surface area contributed by atoms with Gasteiger partial charge in [-0.1, -0.05) is 33.8 Å². The lowest BCUT2D eigenvalue weighted by atomic mass is 10.1. The molecule has 152 valence electrons. The molecule has 1 unspecified atom stereocenters. The Labute approximate surface area is 163 Å². The van der Waals surface area contributed by atoms with Crippen molar-refractivity contribution >= 4 is 23.5 Å². The highest BCUT2D eigenvalue weighted by molar-refractivity contribution is 6.28. The molecule has 0 saturated heterocycles. The number of hydrogen-bond acceptors (Lipinski definition) is 7. The van der Waals surface area contributed by atoms with Gasteiger partial charge in [-0.3, -0.25) is 4.79 Å². The van der Waals surface area contributed by atoms with Crippen molar-refractivity contribution in [3.8, 4) is 11.8 Å². The molecular formula is C19H25N3O6. The van der Waals surface area contributed by atoms with E-state index in [4.69, 9.17) is 14.6 Å². The van der Waals surface area contributed by atoms with Crippen molar-refractivity contribution in [1.82, 2.24) is 5.32 Å². The van der Waals surface area contributed by atoms with Crippen molar-refractivity contribution in [1.29, 1.82) is 5.26 Å². The zero-order chi connectivity index (χ0) is 21.3. The molecule has 1 aromatic carbocycles. The van der Waals surface area contributed by atoms with E-state index < -0.39 is 18.0 Å². The van der Waals surface area contributed by atoms with E-state index in [1.165, 1.54) is 6.07 Å². The third-order valence-electron chi connectivity index (χ3n) is 3.53. The third-order valence-corrected chi connectivity index (χ3v) is 3.53. The van der Waals surface area contributed by atoms with Crippen LogP contribution < -0.4 is 15.4 Å². The number of ether oxygens (including phenoxy) is 2. The summed E-state index contributed by atoms with van der Waals surface area (Å²) >= 11 is 0. The SMILES string of the molecule is CC(C)NCC(COc1c(C#N)cccc1NC(=O)C(C)C)OC(=O)C(=O)O. The molecule has 1 rings (SSSR count). The summed E-state index contributed by atoms with van der Waals surface area (Å²) in [6.45, 7) is 7.15. The minimum Gasteiger partial charge on any atom is -0.486 e. The first kappa shape index (κ1) is 22.9. The molecular weight excluding hydrogens is 366 g/mol. The molecule has 0 aliphatic heterocycles. The summed E-state index contributed by atoms with van der Waals surface area (Å²) in [5.41, 5.74) is 0.486. The number of anilines is 1. The van der Waals surface area contributed by atoms with E-state index in [2.05, 4.69) is 10.6 Å². The third kappa shape index (κ3) is 7.25. The maximum atomic E-state index is 12.0. The van der Waals surface area contributed by atoms with Crippen LogP contribution in [0.3, 0.4) is 0 Å². The molecule has 28 heavy (non-hydrogen) atoms. The highest BCUT2D eigenvalue weighted by Gasteiger charge is 2.22. The van der Waals surface area contributed by atoms with E-state index in [9.17, 15) is 19.6 Å². The summed E-state index contributed by atoms with van der Waals surface area (Å²) in [6.07, 6.45) is -0.911. The minimum atomic E-state index is -1.71. The number of rotatable bonds is 9. The van der Waals surface area contributed by atoms with Gasteiger partial charge in [0, 0.05) is 18.5 Å². The second kappa shape index (κ2) is 10.9. The van der Waals surface area contributed by atoms with E-state index >= 15 is 0 Å². The molecule has 0 fully saturated rings. The van der Waals surface area contributed by atoms with Crippen molar-refractivity contribution in [2.24, 2.45) is 5.92 Å². The molecule has 0 saturated carbocycles. The standard InChI is InChI=1S/C19H25N3O6/c1-11(2)17(23)22-15-7-5-6-13(8-20)16(15)27-10-14(9-21-12(3)4)28-19(26)18(24)25/h5-7,11-12,14,21H,9-10H2,1-4H3,(H,22,23)(H,24,25). The van der Waals surface area contributed by atoms with Crippen LogP contribution in [0.25, 0.3) is 0 Å². The maximum Gasteiger partial charge on any atom is 0.417 e. The quantitative estimate of drug-likeness (QED) is 0.425. The van der Waals surface area contributed by atoms with Crippen LogP contribution in [0.2, 0.25) is 0 Å². The number of nitrogens with one attached hydrogen (secondary N) is 2. The van der Waals surface area contributed by atoms with Crippen LogP contribution in [-0.2, 0) is 19.1 Å². The number of hydrogen-bond donors (Lipinski definition) is 3. The first-order valence-electron chi connectivity index (χ1n) is 8.79. The van der Waals surface area contributed by atoms with Gasteiger partial charge in [0.15, 0.2) is 5.75 Å². The van der Waals surface area contributed by atoms with Crippen LogP contribution in [0, 0.1) is 17.2 Å². The normalized spacial score (nSPS) is 11.6. The van der Waals surface area contributed by atoms with Crippen molar-refractivity contribution in [2.45, 2.75) is 39.8 Å². The molecule has 0 spiro atoms. The van der Waals surface area contributed by atoms with Crippen LogP contribution in [0.15, 0.2) is 18.2 Å². The number of benzene rings is 1. The van der Waals surface area contributed by atoms with E-state index in [1.54, 1.807) is 26.0 Å². The van der Waals surface area contributed by atoms with Gasteiger partial charge in [0.25, 0.3) is 0 Å². The van der Waals surface area contributed by atoms with Crippen LogP contribution >= 0.6 is 0 Å². The lowest BCUT2D eigenvalue weighted by Gasteiger charge is -2.21. The second-order valence-corrected chi connectivity index (χ2v) is 6.64. The van der Waals surface area contributed by atoms with E-state index in [0.29, 0.717) is 5.69 Å². The first-order valence-corrected chi connectivity index (χ1v) is 8.79. The molecule has 0 aliphatic rings. The molecule has 0 bridgehead atoms. The monoisotopic (exact) mass is 391 g/mol. The number of carboxylic acid groups (broad SMARTS) is 1. The van der Waals surface area contributed by atoms with Gasteiger partial charge in [-0.25, -0.2) is 9.59 Å². The number of para-hydroxylation sites is 1. The van der Waals surface area contributed by atoms with Crippen LogP contribution in [0.5, 0.6) is 5.75 Å². The molecule has 1 atom stereocenters. The van der Waals surface area contributed by atoms with Crippen LogP contribution in [-0.4, -0.2) is 48.2 Å². The number of nitrogens with zero attached hydrogens (tertiary/aromatic N) is 1. The lowest BCUT2D eigenvalue weighted by molar-refractivity contribution is -0.168. The van der Waals surface area contributed by atoms with Crippen molar-refractivity contribution < 1.29 is 29.0 Å². The van der Waals surface area contributed by atoms with Crippen LogP contribution in [0.4, 0.5) is 5.69 Å². The minimum absolute atomic E-state index is 0.0679. The van der Waals surface area contributed by atoms with Crippen molar-refractivity contribution in [3.63, 3.8) is 0 Å². The summed E-state index contributed by atoms with van der Waals surface area (Å²) in [7, 11) is 0. The molecule has 9 nitrogen and oxygen atoms in total. The molecule has 1 aromatic rings. The predicted octanol–water partition coefficient (Wildman–Crippen LogP) is 1.53. The number of esters is 1. The maximum absolute atomic E-state index is 12.0. The van der Waals surface area contributed by atoms with E-state index in [0.717, 1.165) is 0 Å². The summed E-state index contributed by atoms with van der Waals surface area (Å²) in [5, 5.41) is 23.8. The Bertz CT molecular complexity index is 755. The average Bonchev–Trinajstić information content (AvgIpc) is 2.63. The van der Waals surface area contributed by atoms with Gasteiger partial charge in [-0.2, -0.15) is 5.26 Å². The van der Waals surface area contributed by atoms with Gasteiger partial charge in [0.05, 0.1) is 11.3 Å². The van der Waals surface area contributed by atoms with Gasteiger partial charge >= 0.3 is 11.9 Å². The molecule has 9 heteroatoms. The van der Waals surface area contributed by atoms with E-state index in [1.807, 2.05) is 19.9 Å². The number of carboxylic acids is 1. The zero-order valence-electron chi connectivity index (χ0n) is 16.3. The number of carbonyl (C=O) groups is 3. The second-order valence-electron chi connectivity index (χ2n) is 6.64. The fraction of sp³-hybridized carbons (Fsp3) is 0.474. The lowest BCUT2D eigenvalue weighted by Crippen LogP contribution is -2.39. The van der Waals surface area contributed by atoms with Gasteiger partial charge in [-0.05, 0) is 12.1 Å². The Morgan fingerprint density at radius 3 is 2.43 bits per heavy atom. The topological polar surface area (TPSA) is 138 Å². The van der Waals surface area contributed by atoms with Gasteiger partial charge in [-0.15, -0.1) is 0 Å². The molecule has 0 aliphatic carbocycles. The summed E-state index contributed by atoms with van der Waals surface area (Å²) in [6, 6.07) is 6.75. The summed E-state index contributed by atoms with van der Waals surface area (Å²) < 4.78 is 10.6. The molecule has 0 radical (unpaired) electrons. The molecule has 1 amide bonds. The molecule has 3 N–H and O–H groups in total. The number of aliphatic carboxylic acids is 1.